The monoisotopic (exact) mass is 283 g/mol. The second-order valence-corrected chi connectivity index (χ2v) is 5.01. The van der Waals surface area contributed by atoms with Gasteiger partial charge in [-0.1, -0.05) is 12.1 Å². The molecule has 2 aromatic heterocycles. The Morgan fingerprint density at radius 3 is 2.81 bits per heavy atom. The van der Waals surface area contributed by atoms with E-state index in [-0.39, 0.29) is 17.4 Å². The standard InChI is InChI=1S/C16H14FN3O/c1-10-3-4-11(2)13(7-10)19-16(21)14-9-20-8-12(17)5-6-15(20)18-14/h3-9H,1-2H3,(H,19,21). The van der Waals surface area contributed by atoms with Gasteiger partial charge in [0.2, 0.25) is 0 Å². The number of anilines is 1. The first-order chi connectivity index (χ1) is 10.0. The van der Waals surface area contributed by atoms with Gasteiger partial charge in [-0.25, -0.2) is 9.37 Å². The molecule has 2 heterocycles. The third-order valence-electron chi connectivity index (χ3n) is 3.29. The number of hydrogen-bond acceptors (Lipinski definition) is 2. The lowest BCUT2D eigenvalue weighted by Gasteiger charge is -2.07. The number of rotatable bonds is 2. The largest absolute Gasteiger partial charge is 0.320 e. The Hall–Kier alpha value is -2.69. The molecule has 0 fully saturated rings. The number of halogens is 1. The van der Waals surface area contributed by atoms with Crippen molar-refractivity contribution in [3.05, 3.63) is 65.4 Å². The third-order valence-corrected chi connectivity index (χ3v) is 3.29. The van der Waals surface area contributed by atoms with Crippen LogP contribution in [0.5, 0.6) is 0 Å². The minimum atomic E-state index is -0.374. The number of nitrogens with one attached hydrogen (secondary N) is 1. The maximum Gasteiger partial charge on any atom is 0.275 e. The van der Waals surface area contributed by atoms with Gasteiger partial charge in [0.05, 0.1) is 0 Å². The van der Waals surface area contributed by atoms with Gasteiger partial charge in [0.15, 0.2) is 0 Å². The van der Waals surface area contributed by atoms with Gasteiger partial charge >= 0.3 is 0 Å². The molecule has 106 valence electrons. The summed E-state index contributed by atoms with van der Waals surface area (Å²) < 4.78 is 14.6. The molecule has 0 aliphatic rings. The molecule has 0 saturated carbocycles. The van der Waals surface area contributed by atoms with Crippen LogP contribution in [0.2, 0.25) is 0 Å². The maximum absolute atomic E-state index is 13.1. The quantitative estimate of drug-likeness (QED) is 0.784. The van der Waals surface area contributed by atoms with E-state index in [1.807, 2.05) is 32.0 Å². The molecule has 0 radical (unpaired) electrons. The Kier molecular flexibility index (Phi) is 3.17. The number of carbonyl (C=O) groups is 1. The Labute approximate surface area is 121 Å². The summed E-state index contributed by atoms with van der Waals surface area (Å²) in [6.07, 6.45) is 2.80. The molecule has 1 aromatic carbocycles. The molecule has 1 N–H and O–H groups in total. The Morgan fingerprint density at radius 2 is 2.00 bits per heavy atom. The van der Waals surface area contributed by atoms with Crippen LogP contribution < -0.4 is 5.32 Å². The first-order valence-electron chi connectivity index (χ1n) is 6.56. The summed E-state index contributed by atoms with van der Waals surface area (Å²) in [5.41, 5.74) is 3.57. The van der Waals surface area contributed by atoms with Crippen molar-refractivity contribution < 1.29 is 9.18 Å². The SMILES string of the molecule is Cc1ccc(C)c(NC(=O)c2cn3cc(F)ccc3n2)c1. The zero-order chi connectivity index (χ0) is 15.0. The van der Waals surface area contributed by atoms with Crippen LogP contribution in [0, 0.1) is 19.7 Å². The number of imidazole rings is 1. The van der Waals surface area contributed by atoms with Crippen LogP contribution in [0.4, 0.5) is 10.1 Å². The average molecular weight is 283 g/mol. The van der Waals surface area contributed by atoms with Crippen LogP contribution >= 0.6 is 0 Å². The summed E-state index contributed by atoms with van der Waals surface area (Å²) in [5, 5.41) is 2.83. The summed E-state index contributed by atoms with van der Waals surface area (Å²) >= 11 is 0. The Bertz CT molecular complexity index is 839. The zero-order valence-electron chi connectivity index (χ0n) is 11.7. The fraction of sp³-hybridized carbons (Fsp3) is 0.125. The van der Waals surface area contributed by atoms with Crippen molar-refractivity contribution in [1.29, 1.82) is 0 Å². The lowest BCUT2D eigenvalue weighted by atomic mass is 10.1. The molecule has 0 aliphatic carbocycles. The number of aromatic nitrogens is 2. The van der Waals surface area contributed by atoms with Crippen molar-refractivity contribution in [1.82, 2.24) is 9.38 Å². The third kappa shape index (κ3) is 2.63. The molecule has 0 unspecified atom stereocenters. The Morgan fingerprint density at radius 1 is 1.19 bits per heavy atom. The lowest BCUT2D eigenvalue weighted by molar-refractivity contribution is 0.102. The normalized spacial score (nSPS) is 10.8. The van der Waals surface area contributed by atoms with Crippen LogP contribution in [-0.4, -0.2) is 15.3 Å². The molecule has 3 rings (SSSR count). The summed E-state index contributed by atoms with van der Waals surface area (Å²) in [7, 11) is 0. The van der Waals surface area contributed by atoms with Crippen LogP contribution in [0.1, 0.15) is 21.6 Å². The second kappa shape index (κ2) is 5.01. The molecule has 0 saturated heterocycles. The second-order valence-electron chi connectivity index (χ2n) is 5.01. The lowest BCUT2D eigenvalue weighted by Crippen LogP contribution is -2.13. The van der Waals surface area contributed by atoms with E-state index >= 15 is 0 Å². The topological polar surface area (TPSA) is 46.4 Å². The highest BCUT2D eigenvalue weighted by Crippen LogP contribution is 2.17. The molecular formula is C16H14FN3O. The Balaban J connectivity index is 1.91. The van der Waals surface area contributed by atoms with Crippen molar-refractivity contribution in [3.63, 3.8) is 0 Å². The predicted octanol–water partition coefficient (Wildman–Crippen LogP) is 3.34. The number of fused-ring (bicyclic) bond motifs is 1. The van der Waals surface area contributed by atoms with Crippen molar-refractivity contribution in [2.24, 2.45) is 0 Å². The molecule has 4 nitrogen and oxygen atoms in total. The summed E-state index contributed by atoms with van der Waals surface area (Å²) in [6, 6.07) is 8.68. The van der Waals surface area contributed by atoms with E-state index in [0.29, 0.717) is 5.65 Å². The first kappa shape index (κ1) is 13.3. The number of hydrogen-bond donors (Lipinski definition) is 1. The van der Waals surface area contributed by atoms with Gasteiger partial charge in [-0.3, -0.25) is 4.79 Å². The van der Waals surface area contributed by atoms with Gasteiger partial charge in [0.1, 0.15) is 17.2 Å². The van der Waals surface area contributed by atoms with Crippen molar-refractivity contribution in [3.8, 4) is 0 Å². The van der Waals surface area contributed by atoms with E-state index in [4.69, 9.17) is 0 Å². The highest BCUT2D eigenvalue weighted by Gasteiger charge is 2.12. The molecule has 5 heteroatoms. The molecular weight excluding hydrogens is 269 g/mol. The number of amides is 1. The van der Waals surface area contributed by atoms with Gasteiger partial charge < -0.3 is 9.72 Å². The van der Waals surface area contributed by atoms with Gasteiger partial charge in [0, 0.05) is 18.1 Å². The molecule has 0 bridgehead atoms. The van der Waals surface area contributed by atoms with Crippen LogP contribution in [0.3, 0.4) is 0 Å². The van der Waals surface area contributed by atoms with E-state index in [1.54, 1.807) is 0 Å². The van der Waals surface area contributed by atoms with E-state index in [1.165, 1.54) is 28.9 Å². The highest BCUT2D eigenvalue weighted by molar-refractivity contribution is 6.03. The summed E-state index contributed by atoms with van der Waals surface area (Å²) in [6.45, 7) is 3.89. The van der Waals surface area contributed by atoms with Gasteiger partial charge in [-0.05, 0) is 43.2 Å². The van der Waals surface area contributed by atoms with E-state index < -0.39 is 0 Å². The number of aryl methyl sites for hydroxylation is 2. The number of pyridine rings is 1. The summed E-state index contributed by atoms with van der Waals surface area (Å²) in [4.78, 5) is 16.4. The number of carbonyl (C=O) groups excluding carboxylic acids is 1. The van der Waals surface area contributed by atoms with Crippen molar-refractivity contribution in [2.75, 3.05) is 5.32 Å². The molecule has 21 heavy (non-hydrogen) atoms. The smallest absolute Gasteiger partial charge is 0.275 e. The average Bonchev–Trinajstić information content (AvgIpc) is 2.86. The molecule has 1 amide bonds. The minimum Gasteiger partial charge on any atom is -0.320 e. The molecule has 0 aliphatic heterocycles. The van der Waals surface area contributed by atoms with Crippen LogP contribution in [0.15, 0.2) is 42.7 Å². The van der Waals surface area contributed by atoms with Crippen LogP contribution in [0.25, 0.3) is 5.65 Å². The fourth-order valence-corrected chi connectivity index (χ4v) is 2.13. The van der Waals surface area contributed by atoms with Crippen molar-refractivity contribution >= 4 is 17.2 Å². The van der Waals surface area contributed by atoms with Crippen LogP contribution in [-0.2, 0) is 0 Å². The first-order valence-corrected chi connectivity index (χ1v) is 6.56. The van der Waals surface area contributed by atoms with Gasteiger partial charge in [-0.15, -0.1) is 0 Å². The van der Waals surface area contributed by atoms with Gasteiger partial charge in [0.25, 0.3) is 5.91 Å². The zero-order valence-corrected chi connectivity index (χ0v) is 11.7. The van der Waals surface area contributed by atoms with E-state index in [0.717, 1.165) is 16.8 Å². The minimum absolute atomic E-state index is 0.251. The van der Waals surface area contributed by atoms with E-state index in [2.05, 4.69) is 10.3 Å². The number of benzene rings is 1. The highest BCUT2D eigenvalue weighted by atomic mass is 19.1. The maximum atomic E-state index is 13.1. The predicted molar refractivity (Wildman–Crippen MR) is 79.0 cm³/mol. The molecule has 0 atom stereocenters. The van der Waals surface area contributed by atoms with Gasteiger partial charge in [-0.2, -0.15) is 0 Å². The van der Waals surface area contributed by atoms with E-state index in [9.17, 15) is 9.18 Å². The number of nitrogens with zero attached hydrogens (tertiary/aromatic N) is 2. The molecule has 0 spiro atoms. The van der Waals surface area contributed by atoms with Crippen molar-refractivity contribution in [2.45, 2.75) is 13.8 Å². The molecule has 3 aromatic rings. The summed E-state index contributed by atoms with van der Waals surface area (Å²) in [5.74, 6) is -0.686. The fourth-order valence-electron chi connectivity index (χ4n) is 2.13.